The van der Waals surface area contributed by atoms with E-state index in [-0.39, 0.29) is 0 Å². The van der Waals surface area contributed by atoms with E-state index in [4.69, 9.17) is 0 Å². The molecular weight excluding hydrogens is 266 g/mol. The average Bonchev–Trinajstić information content (AvgIpc) is 2.16. The van der Waals surface area contributed by atoms with Gasteiger partial charge in [-0.25, -0.2) is 0 Å². The summed E-state index contributed by atoms with van der Waals surface area (Å²) >= 11 is 0. The fourth-order valence-corrected chi connectivity index (χ4v) is 3.04. The third-order valence-electron chi connectivity index (χ3n) is 1.39. The van der Waals surface area contributed by atoms with E-state index in [1.165, 1.54) is 0 Å². The Kier molecular flexibility index (Phi) is 3.44. The Morgan fingerprint density at radius 2 is 1.47 bits per heavy atom. The molecule has 0 radical (unpaired) electrons. The smallest absolute Gasteiger partial charge is 0.239 e. The molecule has 0 unspecified atom stereocenters. The maximum atomic E-state index is 10.7. The Bertz CT molecular complexity index is 707. The van der Waals surface area contributed by atoms with Crippen LogP contribution in [-0.4, -0.2) is 40.0 Å². The van der Waals surface area contributed by atoms with Crippen molar-refractivity contribution in [3.63, 3.8) is 0 Å². The highest BCUT2D eigenvalue weighted by atomic mass is 32.2. The van der Waals surface area contributed by atoms with E-state index in [1.54, 1.807) is 0 Å². The molecular formula is C5H3NO6S3. The molecule has 1 rings (SSSR count). The molecule has 0 aromatic carbocycles. The fourth-order valence-electron chi connectivity index (χ4n) is 0.859. The van der Waals surface area contributed by atoms with Gasteiger partial charge in [-0.2, -0.15) is 25.3 Å². The van der Waals surface area contributed by atoms with Crippen LogP contribution in [0.5, 0.6) is 0 Å². The van der Waals surface area contributed by atoms with Crippen LogP contribution in [0.2, 0.25) is 0 Å². The highest BCUT2D eigenvalue weighted by molar-refractivity contribution is 7.88. The molecule has 7 nitrogen and oxygen atoms in total. The first kappa shape index (κ1) is 11.7. The Morgan fingerprint density at radius 1 is 0.867 bits per heavy atom. The van der Waals surface area contributed by atoms with Crippen LogP contribution in [0, 0.1) is 0 Å². The molecule has 1 aliphatic rings. The summed E-state index contributed by atoms with van der Waals surface area (Å²) in [6, 6.07) is 0. The molecule has 0 aliphatic carbocycles. The Labute approximate surface area is 88.6 Å². The monoisotopic (exact) mass is 269 g/mol. The second-order valence-corrected chi connectivity index (χ2v) is 4.87. The Morgan fingerprint density at radius 3 is 1.87 bits per heavy atom. The normalized spacial score (nSPS) is 14.8. The lowest BCUT2D eigenvalue weighted by Gasteiger charge is -2.06. The molecule has 82 valence electrons. The van der Waals surface area contributed by atoms with Crippen molar-refractivity contribution in [2.45, 2.75) is 0 Å². The zero-order valence-corrected chi connectivity index (χ0v) is 9.28. The first-order valence-electron chi connectivity index (χ1n) is 3.27. The largest absolute Gasteiger partial charge is 0.348 e. The SMILES string of the molecule is O=S(=O)=C1C=CNC(=S(=O)=O)C1=S(=O)=O. The first-order valence-corrected chi connectivity index (χ1v) is 6.50. The molecule has 10 heteroatoms. The molecule has 0 saturated carbocycles. The predicted molar refractivity (Wildman–Crippen MR) is 54.1 cm³/mol. The van der Waals surface area contributed by atoms with E-state index in [0.29, 0.717) is 0 Å². The van der Waals surface area contributed by atoms with Gasteiger partial charge in [0.1, 0.15) is 4.86 Å². The molecule has 15 heavy (non-hydrogen) atoms. The van der Waals surface area contributed by atoms with Gasteiger partial charge in [0.25, 0.3) is 0 Å². The van der Waals surface area contributed by atoms with Crippen LogP contribution in [0.15, 0.2) is 12.3 Å². The summed E-state index contributed by atoms with van der Waals surface area (Å²) in [5.41, 5.74) is 0. The minimum Gasteiger partial charge on any atom is -0.348 e. The van der Waals surface area contributed by atoms with Crippen LogP contribution in [0.25, 0.3) is 0 Å². The summed E-state index contributed by atoms with van der Waals surface area (Å²) in [7, 11) is -8.64. The van der Waals surface area contributed by atoms with Crippen molar-refractivity contribution >= 4 is 45.6 Å². The van der Waals surface area contributed by atoms with Gasteiger partial charge in [-0.15, -0.1) is 0 Å². The van der Waals surface area contributed by atoms with Gasteiger partial charge in [0.2, 0.25) is 30.9 Å². The standard InChI is InChI=1S/C5H3NO6S3/c7-13(8)3-1-2-6-5(15(11)12)4(3)14(9)10/h1-2,6H. The third kappa shape index (κ3) is 2.34. The molecule has 0 fully saturated rings. The van der Waals surface area contributed by atoms with E-state index < -0.39 is 45.6 Å². The van der Waals surface area contributed by atoms with Gasteiger partial charge in [0, 0.05) is 6.20 Å². The third-order valence-corrected chi connectivity index (χ3v) is 3.76. The number of hydrogen-bond donors (Lipinski definition) is 1. The Balaban J connectivity index is 3.94. The number of nitrogens with one attached hydrogen (secondary N) is 1. The van der Waals surface area contributed by atoms with Gasteiger partial charge in [0.15, 0.2) is 9.85 Å². The summed E-state index contributed by atoms with van der Waals surface area (Å²) < 4.78 is 63.8. The van der Waals surface area contributed by atoms with Gasteiger partial charge in [-0.05, 0) is 6.08 Å². The van der Waals surface area contributed by atoms with Crippen LogP contribution in [0.4, 0.5) is 0 Å². The van der Waals surface area contributed by atoms with Gasteiger partial charge in [-0.1, -0.05) is 0 Å². The van der Waals surface area contributed by atoms with Crippen molar-refractivity contribution in [3.05, 3.63) is 12.3 Å². The van der Waals surface area contributed by atoms with E-state index >= 15 is 0 Å². The number of hydrogen-bond acceptors (Lipinski definition) is 6. The second kappa shape index (κ2) is 4.42. The summed E-state index contributed by atoms with van der Waals surface area (Å²) in [5, 5.41) is 2.13. The maximum Gasteiger partial charge on any atom is 0.239 e. The topological polar surface area (TPSA) is 114 Å². The van der Waals surface area contributed by atoms with E-state index in [0.717, 1.165) is 12.3 Å². The summed E-state index contributed by atoms with van der Waals surface area (Å²) in [6.45, 7) is 0. The van der Waals surface area contributed by atoms with Crippen LogP contribution in [-0.2, 0) is 30.9 Å². The van der Waals surface area contributed by atoms with E-state index in [1.807, 2.05) is 0 Å². The number of allylic oxidation sites excluding steroid dienone is 1. The summed E-state index contributed by atoms with van der Waals surface area (Å²) in [4.78, 5) is -2.08. The molecule has 0 saturated heterocycles. The Hall–Kier alpha value is -1.39. The molecule has 0 aromatic heterocycles. The zero-order valence-electron chi connectivity index (χ0n) is 6.83. The van der Waals surface area contributed by atoms with E-state index in [9.17, 15) is 25.3 Å². The second-order valence-electron chi connectivity index (χ2n) is 2.20. The molecule has 0 atom stereocenters. The maximum absolute atomic E-state index is 10.7. The highest BCUT2D eigenvalue weighted by Crippen LogP contribution is 1.92. The lowest BCUT2D eigenvalue weighted by molar-refractivity contribution is 0.624. The summed E-state index contributed by atoms with van der Waals surface area (Å²) in [5.74, 6) is 0. The minimum atomic E-state index is -2.96. The van der Waals surface area contributed by atoms with Crippen molar-refractivity contribution in [2.75, 3.05) is 0 Å². The van der Waals surface area contributed by atoms with Crippen molar-refractivity contribution < 1.29 is 25.3 Å². The fraction of sp³-hybridized carbons (Fsp3) is 0. The van der Waals surface area contributed by atoms with Crippen molar-refractivity contribution in [1.82, 2.24) is 5.32 Å². The summed E-state index contributed by atoms with van der Waals surface area (Å²) in [6.07, 6.45) is 1.97. The molecule has 0 bridgehead atoms. The van der Waals surface area contributed by atoms with Crippen LogP contribution in [0.1, 0.15) is 0 Å². The predicted octanol–water partition coefficient (Wildman–Crippen LogP) is -2.78. The van der Waals surface area contributed by atoms with E-state index in [2.05, 4.69) is 5.32 Å². The molecule has 0 amide bonds. The molecule has 1 N–H and O–H groups in total. The van der Waals surface area contributed by atoms with Crippen LogP contribution in [0.3, 0.4) is 0 Å². The minimum absolute atomic E-state index is 0.596. The van der Waals surface area contributed by atoms with Gasteiger partial charge < -0.3 is 5.32 Å². The van der Waals surface area contributed by atoms with Crippen molar-refractivity contribution in [2.24, 2.45) is 0 Å². The lowest BCUT2D eigenvalue weighted by atomic mass is 10.2. The van der Waals surface area contributed by atoms with Crippen LogP contribution >= 0.6 is 0 Å². The van der Waals surface area contributed by atoms with Gasteiger partial charge in [0.05, 0.1) is 0 Å². The van der Waals surface area contributed by atoms with Crippen LogP contribution < -0.4 is 5.32 Å². The first-order chi connectivity index (χ1) is 6.95. The molecule has 1 heterocycles. The highest BCUT2D eigenvalue weighted by Gasteiger charge is 2.21. The van der Waals surface area contributed by atoms with Crippen molar-refractivity contribution in [3.8, 4) is 0 Å². The van der Waals surface area contributed by atoms with Gasteiger partial charge in [-0.3, -0.25) is 0 Å². The lowest BCUT2D eigenvalue weighted by Crippen LogP contribution is -2.38. The van der Waals surface area contributed by atoms with Gasteiger partial charge >= 0.3 is 0 Å². The quantitative estimate of drug-likeness (QED) is 0.473. The molecule has 0 spiro atoms. The molecule has 1 aliphatic heterocycles. The van der Waals surface area contributed by atoms with Crippen molar-refractivity contribution in [1.29, 1.82) is 0 Å². The average molecular weight is 269 g/mol. The molecule has 0 aromatic rings. The number of rotatable bonds is 0. The zero-order chi connectivity index (χ0) is 11.6.